The Kier molecular flexibility index (Phi) is 43.9. The fourth-order valence-corrected chi connectivity index (χ4v) is 7.20. The topological polar surface area (TPSA) is 72.8 Å². The first-order valence-electron chi connectivity index (χ1n) is 23.7. The van der Waals surface area contributed by atoms with Gasteiger partial charge in [0.1, 0.15) is 6.61 Å². The number of hydrogen-bond acceptors (Lipinski definition) is 5. The van der Waals surface area contributed by atoms with Gasteiger partial charge in [-0.2, -0.15) is 0 Å². The van der Waals surface area contributed by atoms with Crippen molar-refractivity contribution in [2.45, 2.75) is 270 Å². The summed E-state index contributed by atoms with van der Waals surface area (Å²) in [5.41, 5.74) is 0. The number of allylic oxidation sites excluding steroid dienone is 2. The van der Waals surface area contributed by atoms with Crippen LogP contribution in [0.1, 0.15) is 264 Å². The van der Waals surface area contributed by atoms with Crippen molar-refractivity contribution in [3.63, 3.8) is 0 Å². The molecule has 0 spiro atoms. The molecule has 0 saturated carbocycles. The van der Waals surface area contributed by atoms with Gasteiger partial charge in [0, 0.05) is 12.8 Å². The third kappa shape index (κ3) is 43.2. The lowest BCUT2D eigenvalue weighted by atomic mass is 10.0. The first-order chi connectivity index (χ1) is 26.1. The molecule has 0 aliphatic heterocycles. The molecule has 0 rings (SSSR count). The average Bonchev–Trinajstić information content (AvgIpc) is 3.16. The van der Waals surface area contributed by atoms with Gasteiger partial charge in [0.05, 0.1) is 6.61 Å². The Balaban J connectivity index is 3.44. The van der Waals surface area contributed by atoms with Gasteiger partial charge >= 0.3 is 11.9 Å². The minimum atomic E-state index is -0.765. The normalized spacial score (nSPS) is 12.1. The molecule has 0 amide bonds. The van der Waals surface area contributed by atoms with Gasteiger partial charge in [-0.15, -0.1) is 0 Å². The van der Waals surface area contributed by atoms with Gasteiger partial charge in [-0.3, -0.25) is 9.59 Å². The van der Waals surface area contributed by atoms with E-state index < -0.39 is 6.10 Å². The van der Waals surface area contributed by atoms with E-state index in [9.17, 15) is 14.7 Å². The number of carbonyl (C=O) groups is 2. The molecule has 0 aromatic heterocycles. The van der Waals surface area contributed by atoms with Gasteiger partial charge in [-0.05, 0) is 38.5 Å². The van der Waals surface area contributed by atoms with E-state index in [0.717, 1.165) is 32.1 Å². The van der Waals surface area contributed by atoms with Crippen molar-refractivity contribution in [1.29, 1.82) is 0 Å². The molecule has 1 atom stereocenters. The molecular formula is C48H92O5. The molecule has 0 saturated heterocycles. The lowest BCUT2D eigenvalue weighted by Crippen LogP contribution is -2.28. The zero-order chi connectivity index (χ0) is 38.6. The van der Waals surface area contributed by atoms with Gasteiger partial charge in [0.15, 0.2) is 6.10 Å². The van der Waals surface area contributed by atoms with Crippen molar-refractivity contribution in [2.24, 2.45) is 0 Å². The summed E-state index contributed by atoms with van der Waals surface area (Å²) >= 11 is 0. The number of aliphatic hydroxyl groups is 1. The van der Waals surface area contributed by atoms with E-state index in [4.69, 9.17) is 9.47 Å². The van der Waals surface area contributed by atoms with E-state index >= 15 is 0 Å². The molecule has 0 fully saturated rings. The Hall–Kier alpha value is -1.36. The fraction of sp³-hybridized carbons (Fsp3) is 0.917. The van der Waals surface area contributed by atoms with Crippen molar-refractivity contribution in [2.75, 3.05) is 13.2 Å². The summed E-state index contributed by atoms with van der Waals surface area (Å²) in [7, 11) is 0. The number of unbranched alkanes of at least 4 members (excludes halogenated alkanes) is 34. The minimum absolute atomic E-state index is 0.0588. The standard InChI is InChI=1S/C48H92O5/c1-3-5-7-9-11-13-15-17-19-20-21-22-23-24-25-26-27-28-29-31-33-35-37-39-41-43-48(51)53-46(44-49)45-52-47(50)42-40-38-36-34-32-30-18-16-14-12-10-8-6-4-2/h20-21,46,49H,3-19,22-45H2,1-2H3/b21-20-. The molecule has 1 unspecified atom stereocenters. The second kappa shape index (κ2) is 45.0. The van der Waals surface area contributed by atoms with E-state index in [1.807, 2.05) is 0 Å². The maximum atomic E-state index is 12.2. The Morgan fingerprint density at radius 2 is 0.698 bits per heavy atom. The van der Waals surface area contributed by atoms with Crippen LogP contribution in [0.25, 0.3) is 0 Å². The van der Waals surface area contributed by atoms with Crippen LogP contribution in [0.3, 0.4) is 0 Å². The third-order valence-corrected chi connectivity index (χ3v) is 10.8. The first kappa shape index (κ1) is 51.6. The average molecular weight is 749 g/mol. The zero-order valence-corrected chi connectivity index (χ0v) is 35.8. The van der Waals surface area contributed by atoms with Crippen LogP contribution in [0.2, 0.25) is 0 Å². The van der Waals surface area contributed by atoms with Gasteiger partial charge in [0.25, 0.3) is 0 Å². The Bertz CT molecular complexity index is 765. The van der Waals surface area contributed by atoms with E-state index in [1.165, 1.54) is 205 Å². The van der Waals surface area contributed by atoms with Gasteiger partial charge in [-0.1, -0.05) is 225 Å². The molecule has 1 N–H and O–H groups in total. The van der Waals surface area contributed by atoms with Crippen LogP contribution >= 0.6 is 0 Å². The lowest BCUT2D eigenvalue weighted by Gasteiger charge is -2.15. The molecule has 0 aromatic carbocycles. The SMILES string of the molecule is CCCCCCCCCC/C=C\CCCCCCCCCCCCCCCC(=O)OC(CO)COC(=O)CCCCCCCCCCCCCCCC. The van der Waals surface area contributed by atoms with Gasteiger partial charge < -0.3 is 14.6 Å². The summed E-state index contributed by atoms with van der Waals surface area (Å²) in [5, 5.41) is 9.59. The monoisotopic (exact) mass is 749 g/mol. The number of hydrogen-bond donors (Lipinski definition) is 1. The molecule has 5 nitrogen and oxygen atoms in total. The molecule has 53 heavy (non-hydrogen) atoms. The van der Waals surface area contributed by atoms with Crippen LogP contribution in [-0.2, 0) is 19.1 Å². The van der Waals surface area contributed by atoms with E-state index in [-0.39, 0.29) is 25.2 Å². The summed E-state index contributed by atoms with van der Waals surface area (Å²) in [6.07, 6.45) is 53.0. The number of rotatable bonds is 44. The second-order valence-electron chi connectivity index (χ2n) is 16.2. The summed E-state index contributed by atoms with van der Waals surface area (Å²) in [4.78, 5) is 24.3. The lowest BCUT2D eigenvalue weighted by molar-refractivity contribution is -0.161. The number of carbonyl (C=O) groups excluding carboxylic acids is 2. The highest BCUT2D eigenvalue weighted by Gasteiger charge is 2.16. The molecule has 0 heterocycles. The maximum absolute atomic E-state index is 12.2. The Morgan fingerprint density at radius 3 is 1.02 bits per heavy atom. The predicted octanol–water partition coefficient (Wildman–Crippen LogP) is 15.2. The Morgan fingerprint density at radius 1 is 0.415 bits per heavy atom. The van der Waals surface area contributed by atoms with Crippen molar-refractivity contribution in [3.05, 3.63) is 12.2 Å². The smallest absolute Gasteiger partial charge is 0.306 e. The van der Waals surface area contributed by atoms with Crippen molar-refractivity contribution < 1.29 is 24.2 Å². The highest BCUT2D eigenvalue weighted by molar-refractivity contribution is 5.70. The summed E-state index contributed by atoms with van der Waals surface area (Å²) < 4.78 is 10.7. The van der Waals surface area contributed by atoms with Crippen LogP contribution in [0.4, 0.5) is 0 Å². The van der Waals surface area contributed by atoms with Crippen molar-refractivity contribution in [3.8, 4) is 0 Å². The molecule has 0 aliphatic carbocycles. The molecular weight excluding hydrogens is 657 g/mol. The predicted molar refractivity (Wildman–Crippen MR) is 228 cm³/mol. The zero-order valence-electron chi connectivity index (χ0n) is 35.8. The number of esters is 2. The van der Waals surface area contributed by atoms with E-state index in [0.29, 0.717) is 12.8 Å². The van der Waals surface area contributed by atoms with Crippen LogP contribution in [0, 0.1) is 0 Å². The van der Waals surface area contributed by atoms with Crippen LogP contribution in [-0.4, -0.2) is 36.4 Å². The molecule has 0 aliphatic rings. The van der Waals surface area contributed by atoms with Gasteiger partial charge in [0.2, 0.25) is 0 Å². The first-order valence-corrected chi connectivity index (χ1v) is 23.7. The molecule has 0 radical (unpaired) electrons. The van der Waals surface area contributed by atoms with Crippen molar-refractivity contribution >= 4 is 11.9 Å². The fourth-order valence-electron chi connectivity index (χ4n) is 7.20. The summed E-state index contributed by atoms with van der Waals surface area (Å²) in [6.45, 7) is 4.17. The van der Waals surface area contributed by atoms with Crippen LogP contribution in [0.15, 0.2) is 12.2 Å². The molecule has 5 heteroatoms. The van der Waals surface area contributed by atoms with Crippen LogP contribution in [0.5, 0.6) is 0 Å². The highest BCUT2D eigenvalue weighted by Crippen LogP contribution is 2.16. The minimum Gasteiger partial charge on any atom is -0.462 e. The second-order valence-corrected chi connectivity index (χ2v) is 16.2. The summed E-state index contributed by atoms with van der Waals surface area (Å²) in [5.74, 6) is -0.575. The van der Waals surface area contributed by atoms with E-state index in [1.54, 1.807) is 0 Å². The molecule has 0 aromatic rings. The molecule has 314 valence electrons. The quantitative estimate of drug-likeness (QED) is 0.0381. The maximum Gasteiger partial charge on any atom is 0.306 e. The summed E-state index contributed by atoms with van der Waals surface area (Å²) in [6, 6.07) is 0. The van der Waals surface area contributed by atoms with Crippen molar-refractivity contribution in [1.82, 2.24) is 0 Å². The number of ether oxygens (including phenoxy) is 2. The largest absolute Gasteiger partial charge is 0.462 e. The number of aliphatic hydroxyl groups excluding tert-OH is 1. The van der Waals surface area contributed by atoms with Crippen LogP contribution < -0.4 is 0 Å². The Labute approximate surface area is 331 Å². The van der Waals surface area contributed by atoms with Gasteiger partial charge in [-0.25, -0.2) is 0 Å². The third-order valence-electron chi connectivity index (χ3n) is 10.8. The van der Waals surface area contributed by atoms with E-state index in [2.05, 4.69) is 26.0 Å². The molecule has 0 bridgehead atoms. The highest BCUT2D eigenvalue weighted by atomic mass is 16.6.